The number of hydrogen-bond acceptors (Lipinski definition) is 3. The van der Waals surface area contributed by atoms with E-state index in [-0.39, 0.29) is 5.91 Å². The molecule has 0 aromatic carbocycles. The summed E-state index contributed by atoms with van der Waals surface area (Å²) in [5.74, 6) is 0.491. The summed E-state index contributed by atoms with van der Waals surface area (Å²) in [4.78, 5) is 11.6. The van der Waals surface area contributed by atoms with Crippen LogP contribution in [0.4, 0.5) is 0 Å². The lowest BCUT2D eigenvalue weighted by molar-refractivity contribution is -0.123. The van der Waals surface area contributed by atoms with E-state index in [4.69, 9.17) is 10.5 Å². The molecule has 0 aromatic rings. The third kappa shape index (κ3) is 2.32. The van der Waals surface area contributed by atoms with Crippen molar-refractivity contribution in [2.75, 3.05) is 13.7 Å². The predicted molar refractivity (Wildman–Crippen MR) is 57.3 cm³/mol. The molecule has 0 bridgehead atoms. The van der Waals surface area contributed by atoms with E-state index in [9.17, 15) is 4.79 Å². The number of rotatable bonds is 4. The Bertz CT molecular complexity index is 251. The second-order valence-corrected chi connectivity index (χ2v) is 4.83. The molecule has 2 aliphatic carbocycles. The molecule has 2 aliphatic rings. The summed E-state index contributed by atoms with van der Waals surface area (Å²) in [6.07, 6.45) is 5.45. The van der Waals surface area contributed by atoms with Gasteiger partial charge in [0.15, 0.2) is 0 Å². The van der Waals surface area contributed by atoms with Gasteiger partial charge in [0.05, 0.1) is 11.6 Å². The molecule has 2 rings (SSSR count). The minimum absolute atomic E-state index is 0.0178. The van der Waals surface area contributed by atoms with Crippen molar-refractivity contribution in [1.29, 1.82) is 0 Å². The molecule has 0 aromatic heterocycles. The fourth-order valence-electron chi connectivity index (χ4n) is 2.31. The Morgan fingerprint density at radius 3 is 2.87 bits per heavy atom. The smallest absolute Gasteiger partial charge is 0.240 e. The molecule has 2 fully saturated rings. The molecule has 0 spiro atoms. The van der Waals surface area contributed by atoms with E-state index in [1.807, 2.05) is 0 Å². The van der Waals surface area contributed by atoms with E-state index in [0.717, 1.165) is 32.2 Å². The van der Waals surface area contributed by atoms with Crippen molar-refractivity contribution >= 4 is 5.91 Å². The largest absolute Gasteiger partial charge is 0.381 e. The Kier molecular flexibility index (Phi) is 2.98. The van der Waals surface area contributed by atoms with E-state index in [1.165, 1.54) is 6.42 Å². The van der Waals surface area contributed by atoms with Crippen LogP contribution in [-0.2, 0) is 9.53 Å². The van der Waals surface area contributed by atoms with Crippen molar-refractivity contribution in [3.63, 3.8) is 0 Å². The van der Waals surface area contributed by atoms with Gasteiger partial charge < -0.3 is 15.8 Å². The molecule has 0 radical (unpaired) electrons. The molecule has 15 heavy (non-hydrogen) atoms. The summed E-state index contributed by atoms with van der Waals surface area (Å²) in [7, 11) is 1.75. The monoisotopic (exact) mass is 212 g/mol. The average Bonchev–Trinajstić information content (AvgIpc) is 2.83. The maximum absolute atomic E-state index is 11.6. The second-order valence-electron chi connectivity index (χ2n) is 4.83. The number of methoxy groups -OCH3 is 1. The van der Waals surface area contributed by atoms with Gasteiger partial charge in [-0.05, 0) is 25.7 Å². The Morgan fingerprint density at radius 2 is 2.27 bits per heavy atom. The summed E-state index contributed by atoms with van der Waals surface area (Å²) in [6, 6.07) is 0. The van der Waals surface area contributed by atoms with Crippen LogP contribution in [0.15, 0.2) is 0 Å². The van der Waals surface area contributed by atoms with E-state index in [1.54, 1.807) is 7.11 Å². The lowest BCUT2D eigenvalue weighted by Gasteiger charge is -2.19. The topological polar surface area (TPSA) is 64.3 Å². The van der Waals surface area contributed by atoms with Crippen molar-refractivity contribution in [2.24, 2.45) is 11.7 Å². The van der Waals surface area contributed by atoms with Gasteiger partial charge in [0.25, 0.3) is 0 Å². The molecule has 0 saturated heterocycles. The first kappa shape index (κ1) is 10.9. The highest BCUT2D eigenvalue weighted by molar-refractivity contribution is 5.88. The SMILES string of the molecule is COC1CCCC1CNC(=O)C1(N)CC1. The highest BCUT2D eigenvalue weighted by atomic mass is 16.5. The third-order valence-electron chi connectivity index (χ3n) is 3.66. The van der Waals surface area contributed by atoms with Gasteiger partial charge >= 0.3 is 0 Å². The first-order valence-electron chi connectivity index (χ1n) is 5.76. The van der Waals surface area contributed by atoms with E-state index in [2.05, 4.69) is 5.32 Å². The van der Waals surface area contributed by atoms with Crippen LogP contribution < -0.4 is 11.1 Å². The molecule has 0 heterocycles. The van der Waals surface area contributed by atoms with E-state index >= 15 is 0 Å². The van der Waals surface area contributed by atoms with Crippen molar-refractivity contribution in [3.05, 3.63) is 0 Å². The van der Waals surface area contributed by atoms with Crippen LogP contribution in [0, 0.1) is 5.92 Å². The lowest BCUT2D eigenvalue weighted by Crippen LogP contribution is -2.45. The van der Waals surface area contributed by atoms with Gasteiger partial charge in [-0.25, -0.2) is 0 Å². The molecule has 0 aliphatic heterocycles. The van der Waals surface area contributed by atoms with Gasteiger partial charge in [0.1, 0.15) is 0 Å². The summed E-state index contributed by atoms with van der Waals surface area (Å²) >= 11 is 0. The maximum Gasteiger partial charge on any atom is 0.240 e. The Morgan fingerprint density at radius 1 is 1.53 bits per heavy atom. The van der Waals surface area contributed by atoms with Crippen molar-refractivity contribution in [3.8, 4) is 0 Å². The lowest BCUT2D eigenvalue weighted by atomic mass is 10.1. The van der Waals surface area contributed by atoms with Crippen LogP contribution in [-0.4, -0.2) is 31.2 Å². The van der Waals surface area contributed by atoms with Crippen molar-refractivity contribution in [2.45, 2.75) is 43.7 Å². The quantitative estimate of drug-likeness (QED) is 0.709. The van der Waals surface area contributed by atoms with Crippen molar-refractivity contribution < 1.29 is 9.53 Å². The first-order chi connectivity index (χ1) is 7.15. The Hall–Kier alpha value is -0.610. The molecule has 1 amide bonds. The number of carbonyl (C=O) groups excluding carboxylic acids is 1. The zero-order chi connectivity index (χ0) is 10.9. The minimum atomic E-state index is -0.541. The van der Waals surface area contributed by atoms with Gasteiger partial charge in [0.2, 0.25) is 5.91 Å². The highest BCUT2D eigenvalue weighted by Crippen LogP contribution is 2.32. The van der Waals surface area contributed by atoms with Crippen molar-refractivity contribution in [1.82, 2.24) is 5.32 Å². The van der Waals surface area contributed by atoms with Crippen LogP contribution in [0.5, 0.6) is 0 Å². The number of carbonyl (C=O) groups is 1. The molecular formula is C11H20N2O2. The molecule has 4 heteroatoms. The molecule has 2 atom stereocenters. The third-order valence-corrected chi connectivity index (χ3v) is 3.66. The molecule has 4 nitrogen and oxygen atoms in total. The highest BCUT2D eigenvalue weighted by Gasteiger charge is 2.46. The molecule has 2 unspecified atom stereocenters. The fraction of sp³-hybridized carbons (Fsp3) is 0.909. The summed E-state index contributed by atoms with van der Waals surface area (Å²) in [6.45, 7) is 0.719. The number of amides is 1. The summed E-state index contributed by atoms with van der Waals surface area (Å²) in [5, 5.41) is 2.95. The predicted octanol–water partition coefficient (Wildman–Crippen LogP) is 0.409. The second kappa shape index (κ2) is 4.10. The van der Waals surface area contributed by atoms with Gasteiger partial charge in [-0.2, -0.15) is 0 Å². The van der Waals surface area contributed by atoms with E-state index in [0.29, 0.717) is 12.0 Å². The molecule has 86 valence electrons. The number of nitrogens with two attached hydrogens (primary N) is 1. The van der Waals surface area contributed by atoms with Crippen LogP contribution in [0.25, 0.3) is 0 Å². The number of hydrogen-bond donors (Lipinski definition) is 2. The Balaban J connectivity index is 1.75. The van der Waals surface area contributed by atoms with Crippen LogP contribution >= 0.6 is 0 Å². The Labute approximate surface area is 90.5 Å². The summed E-state index contributed by atoms with van der Waals surface area (Å²) < 4.78 is 5.37. The fourth-order valence-corrected chi connectivity index (χ4v) is 2.31. The van der Waals surface area contributed by atoms with Gasteiger partial charge in [-0.1, -0.05) is 6.42 Å². The van der Waals surface area contributed by atoms with Gasteiger partial charge in [0, 0.05) is 19.6 Å². The zero-order valence-electron chi connectivity index (χ0n) is 9.29. The first-order valence-corrected chi connectivity index (χ1v) is 5.76. The molecular weight excluding hydrogens is 192 g/mol. The van der Waals surface area contributed by atoms with Crippen LogP contribution in [0.1, 0.15) is 32.1 Å². The normalized spacial score (nSPS) is 32.7. The zero-order valence-corrected chi connectivity index (χ0v) is 9.29. The average molecular weight is 212 g/mol. The number of nitrogens with one attached hydrogen (secondary N) is 1. The summed E-state index contributed by atoms with van der Waals surface area (Å²) in [5.41, 5.74) is 5.26. The van der Waals surface area contributed by atoms with Gasteiger partial charge in [-0.15, -0.1) is 0 Å². The molecule has 2 saturated carbocycles. The van der Waals surface area contributed by atoms with Gasteiger partial charge in [-0.3, -0.25) is 4.79 Å². The minimum Gasteiger partial charge on any atom is -0.381 e. The maximum atomic E-state index is 11.6. The van der Waals surface area contributed by atoms with E-state index < -0.39 is 5.54 Å². The molecule has 3 N–H and O–H groups in total. The van der Waals surface area contributed by atoms with Crippen LogP contribution in [0.3, 0.4) is 0 Å². The number of ether oxygens (including phenoxy) is 1. The standard InChI is InChI=1S/C11H20N2O2/c1-15-9-4-2-3-8(9)7-13-10(14)11(12)5-6-11/h8-9H,2-7,12H2,1H3,(H,13,14). The van der Waals surface area contributed by atoms with Crippen LogP contribution in [0.2, 0.25) is 0 Å².